The highest BCUT2D eigenvalue weighted by Crippen LogP contribution is 2.03. The standard InChI is InChI=1S/C14H33N3S/c1-6-17(18)12-8-9-13(2)15-11-7-10-14(3)16(4)5/h13-15,18H,6-12H2,1-5H3. The Labute approximate surface area is 120 Å². The highest BCUT2D eigenvalue weighted by atomic mass is 32.1. The summed E-state index contributed by atoms with van der Waals surface area (Å²) in [5.74, 6) is 0. The Bertz CT molecular complexity index is 188. The van der Waals surface area contributed by atoms with Crippen molar-refractivity contribution in [1.82, 2.24) is 14.5 Å². The first kappa shape index (κ1) is 18.2. The van der Waals surface area contributed by atoms with Crippen molar-refractivity contribution in [2.24, 2.45) is 0 Å². The maximum atomic E-state index is 4.37. The van der Waals surface area contributed by atoms with Crippen molar-refractivity contribution in [2.45, 2.75) is 58.5 Å². The van der Waals surface area contributed by atoms with Crippen molar-refractivity contribution in [2.75, 3.05) is 33.7 Å². The maximum absolute atomic E-state index is 4.37. The Morgan fingerprint density at radius 2 is 1.78 bits per heavy atom. The van der Waals surface area contributed by atoms with Crippen LogP contribution in [0.25, 0.3) is 0 Å². The minimum Gasteiger partial charge on any atom is -0.314 e. The van der Waals surface area contributed by atoms with Gasteiger partial charge in [-0.1, -0.05) is 19.7 Å². The molecule has 0 bridgehead atoms. The van der Waals surface area contributed by atoms with Gasteiger partial charge in [-0.25, -0.2) is 0 Å². The van der Waals surface area contributed by atoms with Crippen molar-refractivity contribution in [3.05, 3.63) is 0 Å². The SMILES string of the molecule is CCN(S)CCCC(C)NCCCC(C)N(C)C. The molecule has 0 amide bonds. The van der Waals surface area contributed by atoms with Gasteiger partial charge in [0.05, 0.1) is 0 Å². The van der Waals surface area contributed by atoms with Gasteiger partial charge in [-0.05, 0) is 60.2 Å². The summed E-state index contributed by atoms with van der Waals surface area (Å²) in [7, 11) is 4.30. The van der Waals surface area contributed by atoms with Crippen molar-refractivity contribution < 1.29 is 0 Å². The molecule has 2 unspecified atom stereocenters. The van der Waals surface area contributed by atoms with Gasteiger partial charge in [-0.15, -0.1) is 0 Å². The molecule has 110 valence electrons. The van der Waals surface area contributed by atoms with Crippen molar-refractivity contribution in [3.8, 4) is 0 Å². The molecule has 0 heterocycles. The summed E-state index contributed by atoms with van der Waals surface area (Å²) in [6, 6.07) is 1.31. The average molecular weight is 276 g/mol. The van der Waals surface area contributed by atoms with Crippen LogP contribution < -0.4 is 5.32 Å². The lowest BCUT2D eigenvalue weighted by atomic mass is 10.1. The Morgan fingerprint density at radius 1 is 1.11 bits per heavy atom. The van der Waals surface area contributed by atoms with Crippen LogP contribution in [-0.4, -0.2) is 55.0 Å². The zero-order valence-corrected chi connectivity index (χ0v) is 13.8. The average Bonchev–Trinajstić information content (AvgIpc) is 2.33. The Kier molecular flexibility index (Phi) is 11.2. The fraction of sp³-hybridized carbons (Fsp3) is 1.00. The van der Waals surface area contributed by atoms with E-state index in [9.17, 15) is 0 Å². The molecule has 1 N–H and O–H groups in total. The monoisotopic (exact) mass is 275 g/mol. The molecule has 0 aromatic heterocycles. The van der Waals surface area contributed by atoms with E-state index in [-0.39, 0.29) is 0 Å². The molecule has 0 fully saturated rings. The fourth-order valence-corrected chi connectivity index (χ4v) is 1.99. The van der Waals surface area contributed by atoms with E-state index in [2.05, 4.69) is 62.2 Å². The van der Waals surface area contributed by atoms with Gasteiger partial charge in [0.1, 0.15) is 0 Å². The number of hydrogen-bond acceptors (Lipinski definition) is 4. The fourth-order valence-electron chi connectivity index (χ4n) is 1.84. The summed E-state index contributed by atoms with van der Waals surface area (Å²) < 4.78 is 2.07. The van der Waals surface area contributed by atoms with E-state index in [0.717, 1.165) is 19.6 Å². The molecule has 2 atom stereocenters. The van der Waals surface area contributed by atoms with Crippen LogP contribution in [0.1, 0.15) is 46.5 Å². The Morgan fingerprint density at radius 3 is 2.33 bits per heavy atom. The first-order valence-corrected chi connectivity index (χ1v) is 7.71. The third kappa shape index (κ3) is 10.2. The molecule has 4 heteroatoms. The van der Waals surface area contributed by atoms with Crippen molar-refractivity contribution in [1.29, 1.82) is 0 Å². The van der Waals surface area contributed by atoms with Crippen molar-refractivity contribution in [3.63, 3.8) is 0 Å². The van der Waals surface area contributed by atoms with E-state index in [1.165, 1.54) is 25.7 Å². The van der Waals surface area contributed by atoms with E-state index in [1.807, 2.05) is 0 Å². The molecule has 0 aliphatic heterocycles. The first-order valence-electron chi connectivity index (χ1n) is 7.31. The van der Waals surface area contributed by atoms with Gasteiger partial charge >= 0.3 is 0 Å². The van der Waals surface area contributed by atoms with Gasteiger partial charge < -0.3 is 10.2 Å². The number of nitrogens with one attached hydrogen (secondary N) is 1. The Hall–Kier alpha value is 0.230. The van der Waals surface area contributed by atoms with Crippen molar-refractivity contribution >= 4 is 12.8 Å². The van der Waals surface area contributed by atoms with E-state index < -0.39 is 0 Å². The minimum atomic E-state index is 0.623. The minimum absolute atomic E-state index is 0.623. The lowest BCUT2D eigenvalue weighted by Gasteiger charge is -2.20. The first-order chi connectivity index (χ1) is 8.47. The predicted octanol–water partition coefficient (Wildman–Crippen LogP) is 2.64. The van der Waals surface area contributed by atoms with Gasteiger partial charge in [0, 0.05) is 25.2 Å². The molecule has 18 heavy (non-hydrogen) atoms. The number of thiol groups is 1. The molecule has 0 aromatic rings. The smallest absolute Gasteiger partial charge is 0.00874 e. The summed E-state index contributed by atoms with van der Waals surface area (Å²) in [5.41, 5.74) is 0. The zero-order chi connectivity index (χ0) is 14.0. The maximum Gasteiger partial charge on any atom is 0.00874 e. The highest BCUT2D eigenvalue weighted by Gasteiger charge is 2.05. The second kappa shape index (κ2) is 11.1. The van der Waals surface area contributed by atoms with Crippen LogP contribution in [0.5, 0.6) is 0 Å². The quantitative estimate of drug-likeness (QED) is 0.446. The molecule has 0 saturated carbocycles. The number of hydrogen-bond donors (Lipinski definition) is 2. The van der Waals surface area contributed by atoms with Gasteiger partial charge in [-0.3, -0.25) is 4.31 Å². The van der Waals surface area contributed by atoms with Crippen LogP contribution in [0.15, 0.2) is 0 Å². The van der Waals surface area contributed by atoms with Crippen LogP contribution in [0, 0.1) is 0 Å². The molecule has 0 spiro atoms. The van der Waals surface area contributed by atoms with Crippen LogP contribution >= 0.6 is 12.8 Å². The van der Waals surface area contributed by atoms with E-state index >= 15 is 0 Å². The van der Waals surface area contributed by atoms with Crippen LogP contribution in [-0.2, 0) is 0 Å². The molecular weight excluding hydrogens is 242 g/mol. The molecule has 0 saturated heterocycles. The van der Waals surface area contributed by atoms with E-state index in [1.54, 1.807) is 0 Å². The van der Waals surface area contributed by atoms with Gasteiger partial charge in [0.2, 0.25) is 0 Å². The molecular formula is C14H33N3S. The molecule has 0 radical (unpaired) electrons. The number of nitrogens with zero attached hydrogens (tertiary/aromatic N) is 2. The summed E-state index contributed by atoms with van der Waals surface area (Å²) in [6.45, 7) is 9.95. The molecule has 3 nitrogen and oxygen atoms in total. The van der Waals surface area contributed by atoms with Crippen LogP contribution in [0.4, 0.5) is 0 Å². The normalized spacial score (nSPS) is 15.3. The summed E-state index contributed by atoms with van der Waals surface area (Å²) in [5, 5.41) is 3.61. The summed E-state index contributed by atoms with van der Waals surface area (Å²) >= 11 is 4.37. The molecule has 0 aliphatic rings. The van der Waals surface area contributed by atoms with E-state index in [0.29, 0.717) is 12.1 Å². The van der Waals surface area contributed by atoms with Gasteiger partial charge in [0.15, 0.2) is 0 Å². The molecule has 0 rings (SSSR count). The van der Waals surface area contributed by atoms with Gasteiger partial charge in [-0.2, -0.15) is 0 Å². The third-order valence-corrected chi connectivity index (χ3v) is 4.07. The lowest BCUT2D eigenvalue weighted by Crippen LogP contribution is -2.30. The van der Waals surface area contributed by atoms with Crippen LogP contribution in [0.2, 0.25) is 0 Å². The molecule has 0 aliphatic carbocycles. The highest BCUT2D eigenvalue weighted by molar-refractivity contribution is 7.77. The van der Waals surface area contributed by atoms with Crippen LogP contribution in [0.3, 0.4) is 0 Å². The zero-order valence-electron chi connectivity index (χ0n) is 12.9. The van der Waals surface area contributed by atoms with E-state index in [4.69, 9.17) is 0 Å². The lowest BCUT2D eigenvalue weighted by molar-refractivity contribution is 0.291. The predicted molar refractivity (Wildman–Crippen MR) is 85.3 cm³/mol. The van der Waals surface area contributed by atoms with Gasteiger partial charge in [0.25, 0.3) is 0 Å². The summed E-state index contributed by atoms with van der Waals surface area (Å²) in [6.07, 6.45) is 4.99. The second-order valence-corrected chi connectivity index (χ2v) is 6.06. The Balaban J connectivity index is 3.39. The largest absolute Gasteiger partial charge is 0.314 e. The summed E-state index contributed by atoms with van der Waals surface area (Å²) in [4.78, 5) is 2.29. The molecule has 0 aromatic carbocycles. The topological polar surface area (TPSA) is 18.5 Å². The third-order valence-electron chi connectivity index (χ3n) is 3.59. The second-order valence-electron chi connectivity index (χ2n) is 5.50. The number of rotatable bonds is 11.